The van der Waals surface area contributed by atoms with Crippen molar-refractivity contribution in [3.63, 3.8) is 0 Å². The summed E-state index contributed by atoms with van der Waals surface area (Å²) in [6.07, 6.45) is 0.873. The van der Waals surface area contributed by atoms with Crippen LogP contribution in [0.2, 0.25) is 5.02 Å². The Kier molecular flexibility index (Phi) is 6.67. The zero-order chi connectivity index (χ0) is 19.3. The minimum absolute atomic E-state index is 0.162. The van der Waals surface area contributed by atoms with Crippen molar-refractivity contribution in [3.8, 4) is 0 Å². The lowest BCUT2D eigenvalue weighted by Crippen LogP contribution is -2.25. The van der Waals surface area contributed by atoms with Gasteiger partial charge in [0.05, 0.1) is 21.2 Å². The monoisotopic (exact) mass is 394 g/mol. The number of hydrogen-bond donors (Lipinski definition) is 2. The molecule has 0 aromatic heterocycles. The molecule has 0 aliphatic heterocycles. The summed E-state index contributed by atoms with van der Waals surface area (Å²) in [5.74, 6) is 0.216. The Hall–Kier alpha value is -2.05. The van der Waals surface area contributed by atoms with Gasteiger partial charge in [-0.15, -0.1) is 0 Å². The van der Waals surface area contributed by atoms with Crippen LogP contribution in [-0.4, -0.2) is 20.9 Å². The second-order valence-electron chi connectivity index (χ2n) is 6.55. The molecule has 26 heavy (non-hydrogen) atoms. The van der Waals surface area contributed by atoms with Gasteiger partial charge < -0.3 is 5.32 Å². The molecule has 7 heteroatoms. The summed E-state index contributed by atoms with van der Waals surface area (Å²) in [7, 11) is -3.71. The van der Waals surface area contributed by atoms with Crippen molar-refractivity contribution in [1.29, 1.82) is 0 Å². The van der Waals surface area contributed by atoms with E-state index in [9.17, 15) is 13.2 Å². The average Bonchev–Trinajstić information content (AvgIpc) is 2.54. The second kappa shape index (κ2) is 8.56. The highest BCUT2D eigenvalue weighted by Crippen LogP contribution is 2.23. The Morgan fingerprint density at radius 1 is 1.12 bits per heavy atom. The fourth-order valence-electron chi connectivity index (χ4n) is 2.26. The fraction of sp³-hybridized carbons (Fsp3) is 0.316. The third-order valence-corrected chi connectivity index (χ3v) is 5.51. The smallest absolute Gasteiger partial charge is 0.261 e. The first-order valence-electron chi connectivity index (χ1n) is 8.36. The highest BCUT2D eigenvalue weighted by atomic mass is 35.5. The van der Waals surface area contributed by atoms with Crippen LogP contribution in [-0.2, 0) is 10.0 Å². The number of rotatable bonds is 7. The number of amides is 1. The topological polar surface area (TPSA) is 75.3 Å². The van der Waals surface area contributed by atoms with Crippen molar-refractivity contribution in [2.45, 2.75) is 32.1 Å². The van der Waals surface area contributed by atoms with Gasteiger partial charge in [-0.3, -0.25) is 9.52 Å². The molecule has 0 saturated heterocycles. The van der Waals surface area contributed by atoms with Crippen LogP contribution in [0.3, 0.4) is 0 Å². The minimum Gasteiger partial charge on any atom is -0.352 e. The van der Waals surface area contributed by atoms with Crippen LogP contribution in [0.25, 0.3) is 0 Å². The highest BCUT2D eigenvalue weighted by Gasteiger charge is 2.16. The van der Waals surface area contributed by atoms with Crippen LogP contribution in [0.15, 0.2) is 47.4 Å². The summed E-state index contributed by atoms with van der Waals surface area (Å²) in [4.78, 5) is 12.3. The SMILES string of the molecule is Cc1ccc(S(=O)(=O)Nc2ccc(C(=O)NCCC(C)C)c(Cl)c2)cc1. The third-order valence-electron chi connectivity index (χ3n) is 3.80. The lowest BCUT2D eigenvalue weighted by atomic mass is 10.1. The van der Waals surface area contributed by atoms with Crippen LogP contribution < -0.4 is 10.0 Å². The van der Waals surface area contributed by atoms with E-state index in [1.54, 1.807) is 12.1 Å². The molecule has 0 radical (unpaired) electrons. The lowest BCUT2D eigenvalue weighted by molar-refractivity contribution is 0.0952. The summed E-state index contributed by atoms with van der Waals surface area (Å²) in [6.45, 7) is 6.60. The van der Waals surface area contributed by atoms with Crippen LogP contribution in [0.5, 0.6) is 0 Å². The van der Waals surface area contributed by atoms with E-state index in [1.807, 2.05) is 6.92 Å². The Morgan fingerprint density at radius 3 is 2.35 bits per heavy atom. The number of aryl methyl sites for hydroxylation is 1. The van der Waals surface area contributed by atoms with Gasteiger partial charge in [0.25, 0.3) is 15.9 Å². The van der Waals surface area contributed by atoms with Crippen molar-refractivity contribution in [2.24, 2.45) is 5.92 Å². The molecule has 140 valence electrons. The van der Waals surface area contributed by atoms with E-state index in [-0.39, 0.29) is 15.8 Å². The molecule has 0 aliphatic rings. The first kappa shape index (κ1) is 20.3. The van der Waals surface area contributed by atoms with Crippen molar-refractivity contribution < 1.29 is 13.2 Å². The number of nitrogens with one attached hydrogen (secondary N) is 2. The van der Waals surface area contributed by atoms with E-state index in [0.29, 0.717) is 23.7 Å². The van der Waals surface area contributed by atoms with Gasteiger partial charge in [-0.2, -0.15) is 0 Å². The number of halogens is 1. The molecular formula is C19H23ClN2O3S. The number of sulfonamides is 1. The molecule has 2 aromatic rings. The first-order valence-corrected chi connectivity index (χ1v) is 10.2. The van der Waals surface area contributed by atoms with Crippen LogP contribution >= 0.6 is 11.6 Å². The van der Waals surface area contributed by atoms with Crippen molar-refractivity contribution >= 4 is 33.2 Å². The quantitative estimate of drug-likeness (QED) is 0.738. The van der Waals surface area contributed by atoms with E-state index < -0.39 is 10.0 Å². The predicted octanol–water partition coefficient (Wildman–Crippen LogP) is 4.23. The summed E-state index contributed by atoms with van der Waals surface area (Å²) in [5.41, 5.74) is 1.59. The van der Waals surface area contributed by atoms with Crippen LogP contribution in [0.1, 0.15) is 36.2 Å². The Morgan fingerprint density at radius 2 is 1.77 bits per heavy atom. The van der Waals surface area contributed by atoms with Gasteiger partial charge in [0, 0.05) is 6.54 Å². The molecule has 0 saturated carbocycles. The lowest BCUT2D eigenvalue weighted by Gasteiger charge is -2.11. The maximum absolute atomic E-state index is 12.4. The van der Waals surface area contributed by atoms with Gasteiger partial charge in [-0.1, -0.05) is 43.1 Å². The number of hydrogen-bond acceptors (Lipinski definition) is 3. The maximum atomic E-state index is 12.4. The van der Waals surface area contributed by atoms with Gasteiger partial charge in [0.15, 0.2) is 0 Å². The van der Waals surface area contributed by atoms with E-state index in [4.69, 9.17) is 11.6 Å². The van der Waals surface area contributed by atoms with Gasteiger partial charge >= 0.3 is 0 Å². The van der Waals surface area contributed by atoms with E-state index in [0.717, 1.165) is 12.0 Å². The van der Waals surface area contributed by atoms with Crippen molar-refractivity contribution in [1.82, 2.24) is 5.32 Å². The molecule has 0 unspecified atom stereocenters. The Balaban J connectivity index is 2.11. The average molecular weight is 395 g/mol. The predicted molar refractivity (Wildman–Crippen MR) is 105 cm³/mol. The summed E-state index contributed by atoms with van der Waals surface area (Å²) in [5, 5.41) is 3.00. The summed E-state index contributed by atoms with van der Waals surface area (Å²) < 4.78 is 27.3. The molecule has 0 heterocycles. The van der Waals surface area contributed by atoms with Gasteiger partial charge in [0.2, 0.25) is 0 Å². The molecule has 0 fully saturated rings. The Labute approximate surface area is 159 Å². The zero-order valence-electron chi connectivity index (χ0n) is 15.0. The molecular weight excluding hydrogens is 372 g/mol. The molecule has 5 nitrogen and oxygen atoms in total. The third kappa shape index (κ3) is 5.47. The Bertz CT molecular complexity index is 878. The van der Waals surface area contributed by atoms with Crippen LogP contribution in [0.4, 0.5) is 5.69 Å². The fourth-order valence-corrected chi connectivity index (χ4v) is 3.58. The number of anilines is 1. The van der Waals surface area contributed by atoms with Gasteiger partial charge in [0.1, 0.15) is 0 Å². The van der Waals surface area contributed by atoms with Gasteiger partial charge in [-0.05, 0) is 49.6 Å². The van der Waals surface area contributed by atoms with Crippen molar-refractivity contribution in [3.05, 3.63) is 58.6 Å². The van der Waals surface area contributed by atoms with Crippen LogP contribution in [0, 0.1) is 12.8 Å². The number of carbonyl (C=O) groups is 1. The molecule has 2 N–H and O–H groups in total. The van der Waals surface area contributed by atoms with E-state index in [2.05, 4.69) is 23.9 Å². The van der Waals surface area contributed by atoms with E-state index in [1.165, 1.54) is 30.3 Å². The van der Waals surface area contributed by atoms with Gasteiger partial charge in [-0.25, -0.2) is 8.42 Å². The molecule has 2 rings (SSSR count). The van der Waals surface area contributed by atoms with E-state index >= 15 is 0 Å². The maximum Gasteiger partial charge on any atom is 0.261 e. The summed E-state index contributed by atoms with van der Waals surface area (Å²) >= 11 is 6.17. The summed E-state index contributed by atoms with van der Waals surface area (Å²) in [6, 6.07) is 11.0. The largest absolute Gasteiger partial charge is 0.352 e. The standard InChI is InChI=1S/C19H23ClN2O3S/c1-13(2)10-11-21-19(23)17-9-6-15(12-18(17)20)22-26(24,25)16-7-4-14(3)5-8-16/h4-9,12-13,22H,10-11H2,1-3H3,(H,21,23). The first-order chi connectivity index (χ1) is 12.2. The normalized spacial score (nSPS) is 11.4. The molecule has 0 aliphatic carbocycles. The minimum atomic E-state index is -3.71. The second-order valence-corrected chi connectivity index (χ2v) is 8.64. The van der Waals surface area contributed by atoms with Crippen molar-refractivity contribution in [2.75, 3.05) is 11.3 Å². The zero-order valence-corrected chi connectivity index (χ0v) is 16.6. The highest BCUT2D eigenvalue weighted by molar-refractivity contribution is 7.92. The molecule has 1 amide bonds. The molecule has 0 spiro atoms. The number of carbonyl (C=O) groups excluding carboxylic acids is 1. The molecule has 0 bridgehead atoms. The number of benzene rings is 2. The molecule has 2 aromatic carbocycles. The molecule has 0 atom stereocenters.